The fourth-order valence-corrected chi connectivity index (χ4v) is 1.51. The summed E-state index contributed by atoms with van der Waals surface area (Å²) in [6.07, 6.45) is 3.54. The zero-order valence-electron chi connectivity index (χ0n) is 10.1. The summed E-state index contributed by atoms with van der Waals surface area (Å²) in [7, 11) is 0. The van der Waals surface area contributed by atoms with Gasteiger partial charge in [0, 0.05) is 19.7 Å². The van der Waals surface area contributed by atoms with Crippen molar-refractivity contribution in [1.29, 1.82) is 0 Å². The second-order valence-electron chi connectivity index (χ2n) is 3.67. The molecule has 0 aliphatic carbocycles. The van der Waals surface area contributed by atoms with E-state index in [2.05, 4.69) is 6.92 Å². The number of ether oxygens (including phenoxy) is 1. The van der Waals surface area contributed by atoms with Crippen molar-refractivity contribution in [3.8, 4) is 0 Å². The van der Waals surface area contributed by atoms with Crippen molar-refractivity contribution in [1.82, 2.24) is 4.90 Å². The first-order valence-electron chi connectivity index (χ1n) is 6.00. The Morgan fingerprint density at radius 2 is 1.93 bits per heavy atom. The highest BCUT2D eigenvalue weighted by Crippen LogP contribution is 2.04. The third-order valence-corrected chi connectivity index (χ3v) is 2.29. The van der Waals surface area contributed by atoms with Gasteiger partial charge >= 0.3 is 0 Å². The SMILES string of the molecule is CCCN(CCCCCN)C(O)OCC. The molecule has 1 atom stereocenters. The summed E-state index contributed by atoms with van der Waals surface area (Å²) in [5, 5.41) is 9.68. The van der Waals surface area contributed by atoms with E-state index in [-0.39, 0.29) is 0 Å². The lowest BCUT2D eigenvalue weighted by molar-refractivity contribution is -0.190. The van der Waals surface area contributed by atoms with Gasteiger partial charge in [-0.25, -0.2) is 0 Å². The van der Waals surface area contributed by atoms with Gasteiger partial charge in [-0.1, -0.05) is 13.3 Å². The van der Waals surface area contributed by atoms with E-state index in [0.717, 1.165) is 45.3 Å². The van der Waals surface area contributed by atoms with Crippen molar-refractivity contribution < 1.29 is 9.84 Å². The van der Waals surface area contributed by atoms with Crippen LogP contribution in [0.4, 0.5) is 0 Å². The molecule has 0 aliphatic rings. The summed E-state index contributed by atoms with van der Waals surface area (Å²) in [4.78, 5) is 1.97. The first-order valence-corrected chi connectivity index (χ1v) is 6.00. The monoisotopic (exact) mass is 218 g/mol. The van der Waals surface area contributed by atoms with Crippen LogP contribution in [0.1, 0.15) is 39.5 Å². The molecule has 15 heavy (non-hydrogen) atoms. The summed E-state index contributed by atoms with van der Waals surface area (Å²) in [6.45, 7) is 7.05. The zero-order chi connectivity index (χ0) is 11.5. The minimum absolute atomic E-state index is 0.546. The molecule has 1 unspecified atom stereocenters. The molecule has 4 heteroatoms. The van der Waals surface area contributed by atoms with E-state index >= 15 is 0 Å². The van der Waals surface area contributed by atoms with E-state index in [1.54, 1.807) is 0 Å². The van der Waals surface area contributed by atoms with Gasteiger partial charge in [-0.05, 0) is 32.7 Å². The molecule has 0 radical (unpaired) electrons. The Hall–Kier alpha value is -0.160. The van der Waals surface area contributed by atoms with Crippen molar-refractivity contribution in [3.63, 3.8) is 0 Å². The van der Waals surface area contributed by atoms with Crippen LogP contribution in [0.2, 0.25) is 0 Å². The van der Waals surface area contributed by atoms with Crippen LogP contribution in [-0.4, -0.2) is 42.7 Å². The first-order chi connectivity index (χ1) is 7.26. The van der Waals surface area contributed by atoms with E-state index < -0.39 is 6.41 Å². The Morgan fingerprint density at radius 1 is 1.20 bits per heavy atom. The Morgan fingerprint density at radius 3 is 2.47 bits per heavy atom. The number of aliphatic hydroxyl groups is 1. The minimum atomic E-state index is -0.743. The van der Waals surface area contributed by atoms with Gasteiger partial charge in [0.15, 0.2) is 0 Å². The van der Waals surface area contributed by atoms with E-state index in [1.165, 1.54) is 0 Å². The topological polar surface area (TPSA) is 58.7 Å². The highest BCUT2D eigenvalue weighted by atomic mass is 16.6. The van der Waals surface area contributed by atoms with E-state index in [9.17, 15) is 5.11 Å². The Bertz CT molecular complexity index is 134. The van der Waals surface area contributed by atoms with Gasteiger partial charge in [0.2, 0.25) is 6.41 Å². The zero-order valence-corrected chi connectivity index (χ0v) is 10.1. The minimum Gasteiger partial charge on any atom is -0.356 e. The third-order valence-electron chi connectivity index (χ3n) is 2.29. The Labute approximate surface area is 93.4 Å². The molecule has 4 nitrogen and oxygen atoms in total. The smallest absolute Gasteiger partial charge is 0.216 e. The lowest BCUT2D eigenvalue weighted by Crippen LogP contribution is -2.38. The lowest BCUT2D eigenvalue weighted by atomic mass is 10.2. The molecular formula is C11H26N2O2. The molecule has 0 saturated heterocycles. The molecule has 0 aromatic rings. The summed E-state index contributed by atoms with van der Waals surface area (Å²) in [5.41, 5.74) is 5.42. The molecule has 0 bridgehead atoms. The Kier molecular flexibility index (Phi) is 10.3. The molecule has 0 aliphatic heterocycles. The van der Waals surface area contributed by atoms with Crippen LogP contribution in [0.25, 0.3) is 0 Å². The molecule has 3 N–H and O–H groups in total. The molecule has 0 rings (SSSR count). The number of nitrogens with two attached hydrogens (primary N) is 1. The van der Waals surface area contributed by atoms with Gasteiger partial charge in [0.25, 0.3) is 0 Å². The second kappa shape index (κ2) is 10.4. The van der Waals surface area contributed by atoms with Crippen LogP contribution >= 0.6 is 0 Å². The number of aliphatic hydroxyl groups excluding tert-OH is 1. The molecule has 0 aromatic carbocycles. The predicted molar refractivity (Wildman–Crippen MR) is 62.4 cm³/mol. The first kappa shape index (κ1) is 14.8. The number of hydrogen-bond donors (Lipinski definition) is 2. The average molecular weight is 218 g/mol. The standard InChI is InChI=1S/C11H26N2O2/c1-3-9-13(11(14)15-4-2)10-7-5-6-8-12/h11,14H,3-10,12H2,1-2H3. The second-order valence-corrected chi connectivity index (χ2v) is 3.67. The largest absolute Gasteiger partial charge is 0.356 e. The van der Waals surface area contributed by atoms with Crippen LogP contribution in [0.15, 0.2) is 0 Å². The highest BCUT2D eigenvalue weighted by molar-refractivity contribution is 4.56. The van der Waals surface area contributed by atoms with E-state index in [1.807, 2.05) is 11.8 Å². The van der Waals surface area contributed by atoms with Gasteiger partial charge in [-0.3, -0.25) is 4.90 Å². The van der Waals surface area contributed by atoms with Gasteiger partial charge in [-0.2, -0.15) is 0 Å². The van der Waals surface area contributed by atoms with Crippen LogP contribution in [0.5, 0.6) is 0 Å². The number of nitrogens with zero attached hydrogens (tertiary/aromatic N) is 1. The Balaban J connectivity index is 3.71. The highest BCUT2D eigenvalue weighted by Gasteiger charge is 2.13. The maximum Gasteiger partial charge on any atom is 0.216 e. The van der Waals surface area contributed by atoms with Crippen molar-refractivity contribution >= 4 is 0 Å². The maximum absolute atomic E-state index is 9.68. The van der Waals surface area contributed by atoms with Gasteiger partial charge in [-0.15, -0.1) is 0 Å². The summed E-state index contributed by atoms with van der Waals surface area (Å²) in [6, 6.07) is 0. The molecule has 0 aromatic heterocycles. The van der Waals surface area contributed by atoms with Gasteiger partial charge < -0.3 is 15.6 Å². The normalized spacial score (nSPS) is 13.4. The number of unbranched alkanes of at least 4 members (excludes halogenated alkanes) is 2. The van der Waals surface area contributed by atoms with E-state index in [0.29, 0.717) is 6.61 Å². The molecule has 0 heterocycles. The van der Waals surface area contributed by atoms with Crippen LogP contribution < -0.4 is 5.73 Å². The van der Waals surface area contributed by atoms with Crippen LogP contribution in [-0.2, 0) is 4.74 Å². The molecule has 0 spiro atoms. The van der Waals surface area contributed by atoms with Crippen molar-refractivity contribution in [3.05, 3.63) is 0 Å². The predicted octanol–water partition coefficient (Wildman–Crippen LogP) is 1.14. The van der Waals surface area contributed by atoms with Gasteiger partial charge in [0.05, 0.1) is 0 Å². The molecule has 92 valence electrons. The summed E-state index contributed by atoms with van der Waals surface area (Å²) >= 11 is 0. The van der Waals surface area contributed by atoms with Crippen molar-refractivity contribution in [2.45, 2.75) is 45.9 Å². The molecule has 0 amide bonds. The van der Waals surface area contributed by atoms with Gasteiger partial charge in [0.1, 0.15) is 0 Å². The number of rotatable bonds is 10. The average Bonchev–Trinajstić information content (AvgIpc) is 2.23. The fourth-order valence-electron chi connectivity index (χ4n) is 1.51. The van der Waals surface area contributed by atoms with Crippen LogP contribution in [0.3, 0.4) is 0 Å². The van der Waals surface area contributed by atoms with Crippen molar-refractivity contribution in [2.24, 2.45) is 5.73 Å². The van der Waals surface area contributed by atoms with Crippen molar-refractivity contribution in [2.75, 3.05) is 26.2 Å². The van der Waals surface area contributed by atoms with Crippen LogP contribution in [0, 0.1) is 0 Å². The summed E-state index contributed by atoms with van der Waals surface area (Å²) in [5.74, 6) is 0. The molecule has 0 saturated carbocycles. The molecule has 0 fully saturated rings. The quantitative estimate of drug-likeness (QED) is 0.426. The summed E-state index contributed by atoms with van der Waals surface area (Å²) < 4.78 is 5.17. The third kappa shape index (κ3) is 7.73. The maximum atomic E-state index is 9.68. The van der Waals surface area contributed by atoms with E-state index in [4.69, 9.17) is 10.5 Å². The fraction of sp³-hybridized carbons (Fsp3) is 1.00. The lowest BCUT2D eigenvalue weighted by Gasteiger charge is -2.26. The molecular weight excluding hydrogens is 192 g/mol. The number of hydrogen-bond acceptors (Lipinski definition) is 4.